The van der Waals surface area contributed by atoms with Crippen LogP contribution in [-0.2, 0) is 10.2 Å². The number of ether oxygens (including phenoxy) is 1. The van der Waals surface area contributed by atoms with Crippen molar-refractivity contribution in [1.29, 1.82) is 0 Å². The highest BCUT2D eigenvalue weighted by atomic mass is 16.5. The lowest BCUT2D eigenvalue weighted by molar-refractivity contribution is -0.106. The van der Waals surface area contributed by atoms with Gasteiger partial charge in [-0.1, -0.05) is 45.9 Å². The van der Waals surface area contributed by atoms with E-state index in [1.165, 1.54) is 5.56 Å². The van der Waals surface area contributed by atoms with Crippen LogP contribution in [-0.4, -0.2) is 6.29 Å². The van der Waals surface area contributed by atoms with Gasteiger partial charge in [-0.3, -0.25) is 4.79 Å². The third kappa shape index (κ3) is 2.62. The number of carbonyl (C=O) groups excluding carboxylic acids is 1. The Morgan fingerprint density at radius 1 is 1.37 bits per heavy atom. The monoisotopic (exact) mass is 256 g/mol. The van der Waals surface area contributed by atoms with Crippen LogP contribution in [0, 0.1) is 0 Å². The molecule has 1 aliphatic rings. The fraction of sp³-hybridized carbons (Fsp3) is 0.353. The Kier molecular flexibility index (Phi) is 3.61. The highest BCUT2D eigenvalue weighted by molar-refractivity contribution is 5.86. The van der Waals surface area contributed by atoms with E-state index in [1.807, 2.05) is 12.1 Å². The predicted octanol–water partition coefficient (Wildman–Crippen LogP) is 4.25. The van der Waals surface area contributed by atoms with Crippen LogP contribution in [0.5, 0.6) is 5.75 Å². The minimum atomic E-state index is 0.108. The van der Waals surface area contributed by atoms with Crippen molar-refractivity contribution < 1.29 is 9.53 Å². The average Bonchev–Trinajstić information content (AvgIpc) is 2.37. The van der Waals surface area contributed by atoms with E-state index in [0.29, 0.717) is 5.76 Å². The van der Waals surface area contributed by atoms with Gasteiger partial charge >= 0.3 is 0 Å². The summed E-state index contributed by atoms with van der Waals surface area (Å²) in [6, 6.07) is 6.19. The SMILES string of the molecule is C=C1C=C(C=O)Oc2cc(C(C)(C)CCC)ccc21. The summed E-state index contributed by atoms with van der Waals surface area (Å²) in [7, 11) is 0. The largest absolute Gasteiger partial charge is 0.453 e. The summed E-state index contributed by atoms with van der Waals surface area (Å²) in [6.45, 7) is 10.6. The zero-order chi connectivity index (χ0) is 14.0. The first kappa shape index (κ1) is 13.6. The molecule has 0 unspecified atom stereocenters. The summed E-state index contributed by atoms with van der Waals surface area (Å²) in [5.74, 6) is 1.05. The predicted molar refractivity (Wildman–Crippen MR) is 78.2 cm³/mol. The van der Waals surface area contributed by atoms with Crippen LogP contribution in [0.1, 0.15) is 44.7 Å². The Hall–Kier alpha value is -1.83. The molecule has 0 saturated carbocycles. The van der Waals surface area contributed by atoms with Gasteiger partial charge in [0.05, 0.1) is 0 Å². The minimum absolute atomic E-state index is 0.108. The van der Waals surface area contributed by atoms with Crippen LogP contribution in [0.25, 0.3) is 5.57 Å². The first-order valence-corrected chi connectivity index (χ1v) is 6.66. The molecule has 0 aromatic heterocycles. The number of allylic oxidation sites excluding steroid dienone is 3. The van der Waals surface area contributed by atoms with Crippen LogP contribution in [0.15, 0.2) is 36.6 Å². The molecule has 1 aliphatic heterocycles. The van der Waals surface area contributed by atoms with Crippen LogP contribution >= 0.6 is 0 Å². The molecular weight excluding hydrogens is 236 g/mol. The van der Waals surface area contributed by atoms with Crippen molar-refractivity contribution in [2.45, 2.75) is 39.0 Å². The van der Waals surface area contributed by atoms with Gasteiger partial charge in [-0.15, -0.1) is 0 Å². The first-order chi connectivity index (χ1) is 8.97. The van der Waals surface area contributed by atoms with Crippen molar-refractivity contribution in [2.75, 3.05) is 0 Å². The molecule has 2 heteroatoms. The molecule has 100 valence electrons. The van der Waals surface area contributed by atoms with Crippen LogP contribution < -0.4 is 4.74 Å². The van der Waals surface area contributed by atoms with Crippen molar-refractivity contribution >= 4 is 11.9 Å². The molecule has 1 heterocycles. The van der Waals surface area contributed by atoms with E-state index in [2.05, 4.69) is 33.4 Å². The van der Waals surface area contributed by atoms with Crippen LogP contribution in [0.4, 0.5) is 0 Å². The van der Waals surface area contributed by atoms with Crippen molar-refractivity contribution in [2.24, 2.45) is 0 Å². The summed E-state index contributed by atoms with van der Waals surface area (Å²) in [5, 5.41) is 0. The summed E-state index contributed by atoms with van der Waals surface area (Å²) in [6.07, 6.45) is 4.64. The van der Waals surface area contributed by atoms with Gasteiger partial charge in [0.25, 0.3) is 0 Å². The van der Waals surface area contributed by atoms with Crippen LogP contribution in [0.2, 0.25) is 0 Å². The number of hydrogen-bond donors (Lipinski definition) is 0. The number of fused-ring (bicyclic) bond motifs is 1. The molecule has 0 N–H and O–H groups in total. The Labute approximate surface area is 114 Å². The maximum Gasteiger partial charge on any atom is 0.185 e. The molecule has 19 heavy (non-hydrogen) atoms. The molecule has 0 atom stereocenters. The Bertz CT molecular complexity index is 550. The van der Waals surface area contributed by atoms with Crippen LogP contribution in [0.3, 0.4) is 0 Å². The fourth-order valence-corrected chi connectivity index (χ4v) is 2.53. The molecule has 2 nitrogen and oxygen atoms in total. The lowest BCUT2D eigenvalue weighted by Gasteiger charge is -2.27. The van der Waals surface area contributed by atoms with Gasteiger partial charge in [-0.2, -0.15) is 0 Å². The summed E-state index contributed by atoms with van der Waals surface area (Å²) < 4.78 is 5.60. The third-order valence-electron chi connectivity index (χ3n) is 3.64. The van der Waals surface area contributed by atoms with Gasteiger partial charge in [0.15, 0.2) is 12.0 Å². The Morgan fingerprint density at radius 3 is 2.74 bits per heavy atom. The first-order valence-electron chi connectivity index (χ1n) is 6.66. The van der Waals surface area contributed by atoms with Gasteiger partial charge in [0, 0.05) is 5.56 Å². The zero-order valence-electron chi connectivity index (χ0n) is 11.8. The van der Waals surface area contributed by atoms with Crippen molar-refractivity contribution in [3.8, 4) is 5.75 Å². The van der Waals surface area contributed by atoms with E-state index in [-0.39, 0.29) is 5.41 Å². The second-order valence-corrected chi connectivity index (χ2v) is 5.64. The van der Waals surface area contributed by atoms with E-state index in [1.54, 1.807) is 6.08 Å². The molecule has 0 amide bonds. The second kappa shape index (κ2) is 5.04. The van der Waals surface area contributed by atoms with Crippen molar-refractivity contribution in [3.05, 3.63) is 47.7 Å². The molecule has 1 aromatic carbocycles. The van der Waals surface area contributed by atoms with E-state index >= 15 is 0 Å². The van der Waals surface area contributed by atoms with E-state index < -0.39 is 0 Å². The van der Waals surface area contributed by atoms with Crippen molar-refractivity contribution in [3.63, 3.8) is 0 Å². The van der Waals surface area contributed by atoms with Gasteiger partial charge in [-0.25, -0.2) is 0 Å². The van der Waals surface area contributed by atoms with E-state index in [0.717, 1.165) is 36.0 Å². The fourth-order valence-electron chi connectivity index (χ4n) is 2.53. The maximum atomic E-state index is 10.9. The molecule has 0 spiro atoms. The topological polar surface area (TPSA) is 26.3 Å². The zero-order valence-corrected chi connectivity index (χ0v) is 11.8. The lowest BCUT2D eigenvalue weighted by Crippen LogP contribution is -2.17. The van der Waals surface area contributed by atoms with Gasteiger partial charge in [0.2, 0.25) is 0 Å². The average molecular weight is 256 g/mol. The molecule has 2 rings (SSSR count). The highest BCUT2D eigenvalue weighted by Gasteiger charge is 2.23. The minimum Gasteiger partial charge on any atom is -0.453 e. The second-order valence-electron chi connectivity index (χ2n) is 5.64. The number of rotatable bonds is 4. The Balaban J connectivity index is 2.41. The molecule has 1 aromatic rings. The van der Waals surface area contributed by atoms with Gasteiger partial charge in [-0.05, 0) is 35.1 Å². The number of hydrogen-bond acceptors (Lipinski definition) is 2. The van der Waals surface area contributed by atoms with Gasteiger partial charge < -0.3 is 4.74 Å². The van der Waals surface area contributed by atoms with Gasteiger partial charge in [0.1, 0.15) is 5.75 Å². The maximum absolute atomic E-state index is 10.9. The smallest absolute Gasteiger partial charge is 0.185 e. The van der Waals surface area contributed by atoms with Crippen molar-refractivity contribution in [1.82, 2.24) is 0 Å². The molecule has 0 bridgehead atoms. The summed E-state index contributed by atoms with van der Waals surface area (Å²) >= 11 is 0. The standard InChI is InChI=1S/C17H20O2/c1-5-8-17(3,4)13-6-7-15-12(2)9-14(11-18)19-16(15)10-13/h6-7,9-11H,2,5,8H2,1,3-4H3. The Morgan fingerprint density at radius 2 is 2.11 bits per heavy atom. The summed E-state index contributed by atoms with van der Waals surface area (Å²) in [4.78, 5) is 10.9. The number of carbonyl (C=O) groups is 1. The molecule has 0 saturated heterocycles. The highest BCUT2D eigenvalue weighted by Crippen LogP contribution is 2.37. The molecule has 0 radical (unpaired) electrons. The summed E-state index contributed by atoms with van der Waals surface area (Å²) in [5.41, 5.74) is 3.12. The van der Waals surface area contributed by atoms with E-state index in [9.17, 15) is 4.79 Å². The molecule has 0 fully saturated rings. The normalized spacial score (nSPS) is 14.5. The number of aldehydes is 1. The van der Waals surface area contributed by atoms with E-state index in [4.69, 9.17) is 4.74 Å². The number of benzene rings is 1. The third-order valence-corrected chi connectivity index (χ3v) is 3.64. The molecule has 0 aliphatic carbocycles. The quantitative estimate of drug-likeness (QED) is 0.753. The lowest BCUT2D eigenvalue weighted by atomic mass is 9.80. The molecular formula is C17H20O2.